The zero-order valence-corrected chi connectivity index (χ0v) is 17.8. The maximum absolute atomic E-state index is 12.7. The van der Waals surface area contributed by atoms with Gasteiger partial charge < -0.3 is 9.80 Å². The van der Waals surface area contributed by atoms with Gasteiger partial charge in [0.1, 0.15) is 5.52 Å². The fourth-order valence-electron chi connectivity index (χ4n) is 4.81. The summed E-state index contributed by atoms with van der Waals surface area (Å²) in [6.07, 6.45) is 8.88. The van der Waals surface area contributed by atoms with Crippen LogP contribution in [0.4, 0.5) is 5.82 Å². The van der Waals surface area contributed by atoms with Gasteiger partial charge in [0.25, 0.3) is 0 Å². The second-order valence-electron chi connectivity index (χ2n) is 8.44. The monoisotopic (exact) mass is 407 g/mol. The lowest BCUT2D eigenvalue weighted by Crippen LogP contribution is -2.49. The molecule has 1 aliphatic heterocycles. The van der Waals surface area contributed by atoms with Gasteiger partial charge in [-0.15, -0.1) is 0 Å². The molecule has 30 heavy (non-hydrogen) atoms. The molecule has 158 valence electrons. The van der Waals surface area contributed by atoms with Gasteiger partial charge in [0, 0.05) is 62.8 Å². The minimum atomic E-state index is 0.204. The van der Waals surface area contributed by atoms with Crippen molar-refractivity contribution < 1.29 is 4.79 Å². The van der Waals surface area contributed by atoms with E-state index >= 15 is 0 Å². The van der Waals surface area contributed by atoms with E-state index < -0.39 is 0 Å². The molecule has 2 aliphatic rings. The highest BCUT2D eigenvalue weighted by Crippen LogP contribution is 2.30. The van der Waals surface area contributed by atoms with Gasteiger partial charge in [-0.25, -0.2) is 9.50 Å². The maximum atomic E-state index is 12.7. The molecule has 0 atom stereocenters. The van der Waals surface area contributed by atoms with E-state index in [1.54, 1.807) is 0 Å². The Labute approximate surface area is 176 Å². The lowest BCUT2D eigenvalue weighted by atomic mass is 9.97. The van der Waals surface area contributed by atoms with Crippen LogP contribution in [-0.2, 0) is 24.2 Å². The Morgan fingerprint density at radius 2 is 1.87 bits per heavy atom. The first kappa shape index (κ1) is 19.1. The van der Waals surface area contributed by atoms with E-state index in [-0.39, 0.29) is 5.91 Å². The zero-order chi connectivity index (χ0) is 20.7. The van der Waals surface area contributed by atoms with Crippen LogP contribution >= 0.6 is 0 Å². The standard InChI is InChI=1S/C22H29N7O/c1-16-15-17(2)28(24-16)9-7-20(30)26-11-13-27(14-12-26)22-21-18-5-3-4-6-19(18)25-29(21)10-8-23-22/h8,10,15H,3-7,9,11-14H2,1-2H3. The Kier molecular flexibility index (Phi) is 4.92. The first-order valence-corrected chi connectivity index (χ1v) is 11.0. The molecule has 4 heterocycles. The zero-order valence-electron chi connectivity index (χ0n) is 17.8. The fourth-order valence-corrected chi connectivity index (χ4v) is 4.81. The van der Waals surface area contributed by atoms with Gasteiger partial charge in [-0.2, -0.15) is 10.2 Å². The molecule has 0 bridgehead atoms. The number of nitrogens with zero attached hydrogens (tertiary/aromatic N) is 7. The van der Waals surface area contributed by atoms with Crippen molar-refractivity contribution in [3.05, 3.63) is 41.1 Å². The van der Waals surface area contributed by atoms with Crippen LogP contribution in [0.3, 0.4) is 0 Å². The molecule has 1 saturated heterocycles. The summed E-state index contributed by atoms with van der Waals surface area (Å²) in [5.41, 5.74) is 5.86. The second-order valence-corrected chi connectivity index (χ2v) is 8.44. The van der Waals surface area contributed by atoms with Crippen molar-refractivity contribution in [2.45, 2.75) is 52.5 Å². The highest BCUT2D eigenvalue weighted by Gasteiger charge is 2.26. The van der Waals surface area contributed by atoms with Crippen LogP contribution in [0.5, 0.6) is 0 Å². The minimum absolute atomic E-state index is 0.204. The highest BCUT2D eigenvalue weighted by atomic mass is 16.2. The molecule has 1 fully saturated rings. The summed E-state index contributed by atoms with van der Waals surface area (Å²) in [5.74, 6) is 1.22. The van der Waals surface area contributed by atoms with Crippen molar-refractivity contribution in [3.8, 4) is 0 Å². The smallest absolute Gasteiger partial charge is 0.224 e. The molecular weight excluding hydrogens is 378 g/mol. The number of hydrogen-bond donors (Lipinski definition) is 0. The van der Waals surface area contributed by atoms with Crippen LogP contribution in [0.2, 0.25) is 0 Å². The van der Waals surface area contributed by atoms with E-state index in [0.717, 1.165) is 61.7 Å². The van der Waals surface area contributed by atoms with Crippen LogP contribution in [0.1, 0.15) is 41.9 Å². The van der Waals surface area contributed by atoms with Crippen LogP contribution < -0.4 is 4.90 Å². The molecule has 0 radical (unpaired) electrons. The Hall–Kier alpha value is -2.90. The van der Waals surface area contributed by atoms with Gasteiger partial charge in [-0.05, 0) is 45.6 Å². The molecule has 8 heteroatoms. The fraction of sp³-hybridized carbons (Fsp3) is 0.545. The van der Waals surface area contributed by atoms with Crippen molar-refractivity contribution in [2.24, 2.45) is 0 Å². The summed E-state index contributed by atoms with van der Waals surface area (Å²) in [5, 5.41) is 9.25. The van der Waals surface area contributed by atoms with Crippen molar-refractivity contribution in [1.29, 1.82) is 0 Å². The van der Waals surface area contributed by atoms with E-state index in [0.29, 0.717) is 13.0 Å². The third-order valence-electron chi connectivity index (χ3n) is 6.37. The van der Waals surface area contributed by atoms with Gasteiger partial charge in [0.15, 0.2) is 5.82 Å². The van der Waals surface area contributed by atoms with Crippen LogP contribution in [-0.4, -0.2) is 61.4 Å². The predicted octanol–water partition coefficient (Wildman–Crippen LogP) is 2.16. The number of anilines is 1. The summed E-state index contributed by atoms with van der Waals surface area (Å²) >= 11 is 0. The Bertz CT molecular complexity index is 1070. The normalized spacial score (nSPS) is 16.9. The number of carbonyl (C=O) groups is 1. The third kappa shape index (κ3) is 3.44. The highest BCUT2D eigenvalue weighted by molar-refractivity contribution is 5.77. The Morgan fingerprint density at radius 1 is 1.07 bits per heavy atom. The van der Waals surface area contributed by atoms with Gasteiger partial charge >= 0.3 is 0 Å². The molecule has 1 aliphatic carbocycles. The average molecular weight is 408 g/mol. The molecule has 0 N–H and O–H groups in total. The second kappa shape index (κ2) is 7.74. The van der Waals surface area contributed by atoms with Crippen LogP contribution in [0.15, 0.2) is 18.5 Å². The molecule has 1 amide bonds. The van der Waals surface area contributed by atoms with E-state index in [1.165, 1.54) is 24.1 Å². The molecule has 3 aromatic rings. The number of hydrogen-bond acceptors (Lipinski definition) is 5. The summed E-state index contributed by atoms with van der Waals surface area (Å²) in [7, 11) is 0. The number of amides is 1. The topological polar surface area (TPSA) is 71.6 Å². The van der Waals surface area contributed by atoms with Crippen LogP contribution in [0.25, 0.3) is 5.52 Å². The van der Waals surface area contributed by atoms with Gasteiger partial charge in [-0.3, -0.25) is 9.48 Å². The van der Waals surface area contributed by atoms with Crippen molar-refractivity contribution >= 4 is 17.2 Å². The first-order valence-electron chi connectivity index (χ1n) is 11.0. The Balaban J connectivity index is 1.25. The molecular formula is C22H29N7O. The summed E-state index contributed by atoms with van der Waals surface area (Å²) in [4.78, 5) is 21.7. The van der Waals surface area contributed by atoms with Crippen molar-refractivity contribution in [1.82, 2.24) is 29.3 Å². The van der Waals surface area contributed by atoms with E-state index in [1.807, 2.05) is 46.4 Å². The van der Waals surface area contributed by atoms with Gasteiger partial charge in [-0.1, -0.05) is 0 Å². The van der Waals surface area contributed by atoms with E-state index in [9.17, 15) is 4.79 Å². The average Bonchev–Trinajstić information content (AvgIpc) is 3.30. The number of aromatic nitrogens is 5. The summed E-state index contributed by atoms with van der Waals surface area (Å²) in [6, 6.07) is 2.05. The lowest BCUT2D eigenvalue weighted by Gasteiger charge is -2.35. The van der Waals surface area contributed by atoms with Gasteiger partial charge in [0.2, 0.25) is 5.91 Å². The number of aryl methyl sites for hydroxylation is 5. The quantitative estimate of drug-likeness (QED) is 0.663. The van der Waals surface area contributed by atoms with E-state index in [2.05, 4.69) is 10.00 Å². The number of carbonyl (C=O) groups excluding carboxylic acids is 1. The maximum Gasteiger partial charge on any atom is 0.224 e. The van der Waals surface area contributed by atoms with Crippen LogP contribution in [0, 0.1) is 13.8 Å². The molecule has 8 nitrogen and oxygen atoms in total. The molecule has 0 unspecified atom stereocenters. The number of rotatable bonds is 4. The molecule has 5 rings (SSSR count). The van der Waals surface area contributed by atoms with E-state index in [4.69, 9.17) is 10.1 Å². The predicted molar refractivity (Wildman–Crippen MR) is 115 cm³/mol. The molecule has 0 aromatic carbocycles. The van der Waals surface area contributed by atoms with Crippen molar-refractivity contribution in [3.63, 3.8) is 0 Å². The lowest BCUT2D eigenvalue weighted by molar-refractivity contribution is -0.131. The van der Waals surface area contributed by atoms with Crippen molar-refractivity contribution in [2.75, 3.05) is 31.1 Å². The summed E-state index contributed by atoms with van der Waals surface area (Å²) < 4.78 is 3.93. The molecule has 0 saturated carbocycles. The minimum Gasteiger partial charge on any atom is -0.351 e. The number of fused-ring (bicyclic) bond motifs is 3. The SMILES string of the molecule is Cc1cc(C)n(CCC(=O)N2CCN(c3nccn4nc5c(c34)CCCC5)CC2)n1. The van der Waals surface area contributed by atoms with Gasteiger partial charge in [0.05, 0.1) is 11.4 Å². The summed E-state index contributed by atoms with van der Waals surface area (Å²) in [6.45, 7) is 7.73. The Morgan fingerprint density at radius 3 is 2.63 bits per heavy atom. The molecule has 3 aromatic heterocycles. The first-order chi connectivity index (χ1) is 14.6. The number of piperazine rings is 1. The third-order valence-corrected chi connectivity index (χ3v) is 6.37. The molecule has 0 spiro atoms. The largest absolute Gasteiger partial charge is 0.351 e.